The third kappa shape index (κ3) is 2.77. The van der Waals surface area contributed by atoms with Crippen LogP contribution in [-0.2, 0) is 18.1 Å². The third-order valence-electron chi connectivity index (χ3n) is 3.04. The molecule has 0 fully saturated rings. The molecule has 2 nitrogen and oxygen atoms in total. The summed E-state index contributed by atoms with van der Waals surface area (Å²) in [6.07, 6.45) is -3.83. The third-order valence-corrected chi connectivity index (χ3v) is 3.23. The highest BCUT2D eigenvalue weighted by molar-refractivity contribution is 6.17. The second-order valence-corrected chi connectivity index (χ2v) is 6.05. The number of imidazole rings is 1. The summed E-state index contributed by atoms with van der Waals surface area (Å²) in [5.41, 5.74) is 0.108. The van der Waals surface area contributed by atoms with Gasteiger partial charge in [-0.2, -0.15) is 13.2 Å². The summed E-state index contributed by atoms with van der Waals surface area (Å²) in [6.45, 7) is 5.97. The number of aromatic nitrogens is 2. The fourth-order valence-electron chi connectivity index (χ4n) is 2.31. The number of nitrogens with zero attached hydrogens (tertiary/aromatic N) is 2. The van der Waals surface area contributed by atoms with Gasteiger partial charge in [0.15, 0.2) is 0 Å². The van der Waals surface area contributed by atoms with Crippen LogP contribution in [-0.4, -0.2) is 15.4 Å². The molecule has 1 aromatic heterocycles. The van der Waals surface area contributed by atoms with E-state index < -0.39 is 11.7 Å². The van der Waals surface area contributed by atoms with E-state index in [-0.39, 0.29) is 5.54 Å². The zero-order valence-corrected chi connectivity index (χ0v) is 12.3. The molecule has 0 aliphatic carbocycles. The van der Waals surface area contributed by atoms with E-state index in [9.17, 15) is 13.2 Å². The molecule has 0 radical (unpaired) electrons. The molecule has 0 unspecified atom stereocenters. The van der Waals surface area contributed by atoms with E-state index in [2.05, 4.69) is 4.98 Å². The van der Waals surface area contributed by atoms with Crippen LogP contribution in [0.2, 0.25) is 0 Å². The first-order chi connectivity index (χ1) is 9.14. The molecule has 6 heteroatoms. The van der Waals surface area contributed by atoms with Gasteiger partial charge in [0.2, 0.25) is 0 Å². The number of fused-ring (bicyclic) bond motifs is 1. The Kier molecular flexibility index (Phi) is 3.75. The summed E-state index contributed by atoms with van der Waals surface area (Å²) in [5, 5.41) is 0. The molecule has 0 N–H and O–H groups in total. The molecule has 0 aliphatic rings. The maximum Gasteiger partial charge on any atom is 0.416 e. The van der Waals surface area contributed by atoms with Crippen LogP contribution in [0.3, 0.4) is 0 Å². The second-order valence-electron chi connectivity index (χ2n) is 5.67. The minimum atomic E-state index is -4.35. The minimum Gasteiger partial charge on any atom is -0.323 e. The summed E-state index contributed by atoms with van der Waals surface area (Å²) in [4.78, 5) is 4.32. The van der Waals surface area contributed by atoms with E-state index >= 15 is 0 Å². The Balaban J connectivity index is 2.68. The van der Waals surface area contributed by atoms with Gasteiger partial charge in [-0.25, -0.2) is 4.98 Å². The molecule has 1 heterocycles. The van der Waals surface area contributed by atoms with Gasteiger partial charge >= 0.3 is 6.18 Å². The predicted molar refractivity (Wildman–Crippen MR) is 74.2 cm³/mol. The smallest absolute Gasteiger partial charge is 0.323 e. The fraction of sp³-hybridized carbons (Fsp3) is 0.500. The van der Waals surface area contributed by atoms with Gasteiger partial charge in [-0.3, -0.25) is 0 Å². The molecule has 2 rings (SSSR count). The van der Waals surface area contributed by atoms with Crippen LogP contribution in [0.5, 0.6) is 0 Å². The van der Waals surface area contributed by atoms with E-state index in [0.29, 0.717) is 29.2 Å². The highest BCUT2D eigenvalue weighted by Gasteiger charge is 2.31. The van der Waals surface area contributed by atoms with Crippen molar-refractivity contribution in [2.24, 2.45) is 0 Å². The van der Waals surface area contributed by atoms with Crippen molar-refractivity contribution in [1.29, 1.82) is 0 Å². The van der Waals surface area contributed by atoms with Gasteiger partial charge in [0.25, 0.3) is 0 Å². The average molecular weight is 305 g/mol. The largest absolute Gasteiger partial charge is 0.416 e. The molecule has 0 saturated heterocycles. The molecule has 1 aromatic carbocycles. The fourth-order valence-corrected chi connectivity index (χ4v) is 2.48. The molecular formula is C14H16ClF3N2. The summed E-state index contributed by atoms with van der Waals surface area (Å²) in [5.74, 6) is 1.09. The monoisotopic (exact) mass is 304 g/mol. The average Bonchev–Trinajstić information content (AvgIpc) is 2.64. The van der Waals surface area contributed by atoms with Gasteiger partial charge in [0.1, 0.15) is 5.82 Å². The van der Waals surface area contributed by atoms with Gasteiger partial charge < -0.3 is 4.57 Å². The molecule has 0 atom stereocenters. The van der Waals surface area contributed by atoms with E-state index in [1.807, 2.05) is 25.3 Å². The number of alkyl halides is 4. The Labute approximate surface area is 120 Å². The Morgan fingerprint density at radius 2 is 1.85 bits per heavy atom. The first-order valence-corrected chi connectivity index (χ1v) is 6.83. The van der Waals surface area contributed by atoms with E-state index in [1.54, 1.807) is 0 Å². The molecular weight excluding hydrogens is 289 g/mol. The first kappa shape index (κ1) is 15.2. The Bertz CT molecular complexity index is 624. The van der Waals surface area contributed by atoms with Gasteiger partial charge in [0.05, 0.1) is 16.6 Å². The molecule has 20 heavy (non-hydrogen) atoms. The lowest BCUT2D eigenvalue weighted by Crippen LogP contribution is -2.24. The number of aryl methyl sites for hydroxylation is 1. The summed E-state index contributed by atoms with van der Waals surface area (Å²) in [6, 6.07) is 3.67. The van der Waals surface area contributed by atoms with E-state index in [0.717, 1.165) is 12.1 Å². The van der Waals surface area contributed by atoms with Crippen LogP contribution in [0.15, 0.2) is 18.2 Å². The number of rotatable bonds is 2. The van der Waals surface area contributed by atoms with Crippen molar-refractivity contribution >= 4 is 22.6 Å². The van der Waals surface area contributed by atoms with Crippen molar-refractivity contribution in [3.05, 3.63) is 29.6 Å². The Hall–Kier alpha value is -1.23. The standard InChI is InChI=1S/C14H16ClF3N2/c1-13(2,3)20-11-5-4-9(14(16,17)18)8-10(11)19-12(20)6-7-15/h4-5,8H,6-7H2,1-3H3. The molecule has 110 valence electrons. The number of hydrogen-bond donors (Lipinski definition) is 0. The van der Waals surface area contributed by atoms with Crippen LogP contribution in [0.4, 0.5) is 13.2 Å². The van der Waals surface area contributed by atoms with Gasteiger partial charge in [-0.05, 0) is 39.0 Å². The van der Waals surface area contributed by atoms with Crippen LogP contribution in [0, 0.1) is 0 Å². The first-order valence-electron chi connectivity index (χ1n) is 6.29. The lowest BCUT2D eigenvalue weighted by atomic mass is 10.1. The highest BCUT2D eigenvalue weighted by atomic mass is 35.5. The topological polar surface area (TPSA) is 17.8 Å². The van der Waals surface area contributed by atoms with Crippen molar-refractivity contribution in [2.45, 2.75) is 38.9 Å². The van der Waals surface area contributed by atoms with Crippen molar-refractivity contribution in [3.8, 4) is 0 Å². The van der Waals surface area contributed by atoms with Crippen molar-refractivity contribution in [3.63, 3.8) is 0 Å². The second kappa shape index (κ2) is 4.95. The molecule has 0 saturated carbocycles. The lowest BCUT2D eigenvalue weighted by molar-refractivity contribution is -0.137. The summed E-state index contributed by atoms with van der Waals surface area (Å²) < 4.78 is 40.2. The van der Waals surface area contributed by atoms with Crippen LogP contribution in [0.25, 0.3) is 11.0 Å². The van der Waals surface area contributed by atoms with Crippen LogP contribution in [0.1, 0.15) is 32.2 Å². The highest BCUT2D eigenvalue weighted by Crippen LogP contribution is 2.33. The molecule has 2 aromatic rings. The Morgan fingerprint density at radius 1 is 1.20 bits per heavy atom. The van der Waals surface area contributed by atoms with Gasteiger partial charge in [-0.1, -0.05) is 0 Å². The SMILES string of the molecule is CC(C)(C)n1c(CCCl)nc2cc(C(F)(F)F)ccc21. The van der Waals surface area contributed by atoms with E-state index in [4.69, 9.17) is 11.6 Å². The molecule has 0 spiro atoms. The number of halogens is 4. The van der Waals surface area contributed by atoms with Crippen molar-refractivity contribution in [2.75, 3.05) is 5.88 Å². The summed E-state index contributed by atoms with van der Waals surface area (Å²) >= 11 is 5.76. The van der Waals surface area contributed by atoms with Crippen LogP contribution >= 0.6 is 11.6 Å². The maximum atomic E-state index is 12.7. The van der Waals surface area contributed by atoms with Gasteiger partial charge in [-0.15, -0.1) is 11.6 Å². The molecule has 0 aliphatic heterocycles. The summed E-state index contributed by atoms with van der Waals surface area (Å²) in [7, 11) is 0. The zero-order valence-electron chi connectivity index (χ0n) is 11.6. The molecule has 0 bridgehead atoms. The van der Waals surface area contributed by atoms with Gasteiger partial charge in [0, 0.05) is 17.8 Å². The van der Waals surface area contributed by atoms with E-state index in [1.165, 1.54) is 6.07 Å². The minimum absolute atomic E-state index is 0.268. The molecule has 0 amide bonds. The van der Waals surface area contributed by atoms with Crippen LogP contribution < -0.4 is 0 Å². The lowest BCUT2D eigenvalue weighted by Gasteiger charge is -2.24. The maximum absolute atomic E-state index is 12.7. The zero-order chi connectivity index (χ0) is 15.1. The number of benzene rings is 1. The predicted octanol–water partition coefficient (Wildman–Crippen LogP) is 4.59. The Morgan fingerprint density at radius 3 is 2.35 bits per heavy atom. The quantitative estimate of drug-likeness (QED) is 0.742. The van der Waals surface area contributed by atoms with Crippen molar-refractivity contribution < 1.29 is 13.2 Å². The number of hydrogen-bond acceptors (Lipinski definition) is 1. The van der Waals surface area contributed by atoms with Crippen molar-refractivity contribution in [1.82, 2.24) is 9.55 Å². The normalized spacial score (nSPS) is 13.2.